The summed E-state index contributed by atoms with van der Waals surface area (Å²) in [5.41, 5.74) is 1.03. The Hall–Kier alpha value is -0.580. The summed E-state index contributed by atoms with van der Waals surface area (Å²) in [6.07, 6.45) is 0.403. The van der Waals surface area contributed by atoms with Crippen LogP contribution in [0.1, 0.15) is 5.56 Å². The molecule has 84 valence electrons. The first-order valence-corrected chi connectivity index (χ1v) is 6.09. The van der Waals surface area contributed by atoms with Crippen LogP contribution < -0.4 is 5.32 Å². The summed E-state index contributed by atoms with van der Waals surface area (Å²) in [5.74, 6) is 0.347. The number of hydrogen-bond acceptors (Lipinski definition) is 3. The van der Waals surface area contributed by atoms with Crippen molar-refractivity contribution in [3.05, 3.63) is 22.4 Å². The second-order valence-corrected chi connectivity index (χ2v) is 4.27. The molecule has 1 amide bonds. The fourth-order valence-electron chi connectivity index (χ4n) is 1.18. The number of hydrogen-bond donors (Lipinski definition) is 1. The van der Waals surface area contributed by atoms with Crippen molar-refractivity contribution in [2.45, 2.75) is 12.5 Å². The zero-order chi connectivity index (χ0) is 11.1. The van der Waals surface area contributed by atoms with Crippen LogP contribution in [0.2, 0.25) is 0 Å². The van der Waals surface area contributed by atoms with Gasteiger partial charge < -0.3 is 10.1 Å². The average molecular weight is 248 g/mol. The van der Waals surface area contributed by atoms with E-state index in [4.69, 9.17) is 16.3 Å². The second kappa shape index (κ2) is 6.82. The van der Waals surface area contributed by atoms with Gasteiger partial charge in [-0.2, -0.15) is 11.3 Å². The molecular weight excluding hydrogens is 234 g/mol. The lowest BCUT2D eigenvalue weighted by molar-refractivity contribution is -0.121. The number of halogens is 1. The molecule has 15 heavy (non-hydrogen) atoms. The van der Waals surface area contributed by atoms with E-state index in [-0.39, 0.29) is 11.9 Å². The molecule has 0 saturated heterocycles. The van der Waals surface area contributed by atoms with E-state index < -0.39 is 0 Å². The number of nitrogens with one attached hydrogen (secondary N) is 1. The normalized spacial score (nSPS) is 12.4. The summed E-state index contributed by atoms with van der Waals surface area (Å²) in [5, 5.41) is 6.73. The number of alkyl halides is 1. The molecule has 0 fully saturated rings. The van der Waals surface area contributed by atoms with Crippen molar-refractivity contribution in [3.63, 3.8) is 0 Å². The molecule has 1 atom stereocenters. The molecule has 0 aromatic carbocycles. The van der Waals surface area contributed by atoms with Crippen molar-refractivity contribution in [2.75, 3.05) is 19.6 Å². The quantitative estimate of drug-likeness (QED) is 0.777. The van der Waals surface area contributed by atoms with Gasteiger partial charge in [0.1, 0.15) is 0 Å². The van der Waals surface area contributed by atoms with Crippen LogP contribution in [0.25, 0.3) is 0 Å². The molecule has 1 aromatic rings. The molecule has 1 rings (SSSR count). The first-order valence-electron chi connectivity index (χ1n) is 4.61. The number of thiophene rings is 1. The summed E-state index contributed by atoms with van der Waals surface area (Å²) < 4.78 is 4.93. The standard InChI is InChI=1S/C10H14ClNO2S/c1-14-6-9(5-11)12-10(13)4-8-2-3-15-7-8/h2-3,7,9H,4-6H2,1H3,(H,12,13). The summed E-state index contributed by atoms with van der Waals surface area (Å²) in [6, 6.07) is 1.83. The average Bonchev–Trinajstić information content (AvgIpc) is 2.69. The molecule has 5 heteroatoms. The summed E-state index contributed by atoms with van der Waals surface area (Å²) >= 11 is 7.27. The van der Waals surface area contributed by atoms with Crippen molar-refractivity contribution in [2.24, 2.45) is 0 Å². The van der Waals surface area contributed by atoms with Gasteiger partial charge in [-0.15, -0.1) is 11.6 Å². The second-order valence-electron chi connectivity index (χ2n) is 3.18. The Balaban J connectivity index is 2.34. The summed E-state index contributed by atoms with van der Waals surface area (Å²) in [7, 11) is 1.59. The maximum absolute atomic E-state index is 11.5. The van der Waals surface area contributed by atoms with E-state index in [9.17, 15) is 4.79 Å². The molecule has 0 saturated carbocycles. The van der Waals surface area contributed by atoms with Crippen molar-refractivity contribution in [1.82, 2.24) is 5.32 Å². The lowest BCUT2D eigenvalue weighted by Gasteiger charge is -2.14. The largest absolute Gasteiger partial charge is 0.383 e. The van der Waals surface area contributed by atoms with Crippen LogP contribution in [0.4, 0.5) is 0 Å². The predicted molar refractivity (Wildman–Crippen MR) is 62.5 cm³/mol. The van der Waals surface area contributed by atoms with E-state index in [1.807, 2.05) is 16.8 Å². The van der Waals surface area contributed by atoms with Gasteiger partial charge in [0.25, 0.3) is 0 Å². The number of carbonyl (C=O) groups is 1. The van der Waals surface area contributed by atoms with Crippen molar-refractivity contribution < 1.29 is 9.53 Å². The molecule has 3 nitrogen and oxygen atoms in total. The number of ether oxygens (including phenoxy) is 1. The minimum absolute atomic E-state index is 0.0175. The fraction of sp³-hybridized carbons (Fsp3) is 0.500. The number of amides is 1. The maximum Gasteiger partial charge on any atom is 0.224 e. The number of rotatable bonds is 6. The predicted octanol–water partition coefficient (Wildman–Crippen LogP) is 1.66. The molecule has 1 N–H and O–H groups in total. The van der Waals surface area contributed by atoms with E-state index in [0.29, 0.717) is 18.9 Å². The molecule has 0 radical (unpaired) electrons. The Morgan fingerprint density at radius 3 is 3.07 bits per heavy atom. The van der Waals surface area contributed by atoms with Crippen LogP contribution in [-0.4, -0.2) is 31.5 Å². The van der Waals surface area contributed by atoms with Gasteiger partial charge in [0, 0.05) is 13.0 Å². The minimum atomic E-state index is -0.109. The van der Waals surface area contributed by atoms with Crippen LogP contribution in [0, 0.1) is 0 Å². The molecule has 0 aliphatic heterocycles. The lowest BCUT2D eigenvalue weighted by Crippen LogP contribution is -2.40. The Kier molecular flexibility index (Phi) is 5.68. The summed E-state index contributed by atoms with van der Waals surface area (Å²) in [6.45, 7) is 0.443. The molecular formula is C10H14ClNO2S. The van der Waals surface area contributed by atoms with Gasteiger partial charge in [0.05, 0.1) is 19.1 Å². The van der Waals surface area contributed by atoms with Gasteiger partial charge in [0.15, 0.2) is 0 Å². The fourth-order valence-corrected chi connectivity index (χ4v) is 2.02. The Labute approximate surface area is 98.4 Å². The van der Waals surface area contributed by atoms with Gasteiger partial charge in [-0.1, -0.05) is 0 Å². The minimum Gasteiger partial charge on any atom is -0.383 e. The van der Waals surface area contributed by atoms with Gasteiger partial charge in [0.2, 0.25) is 5.91 Å². The molecule has 0 aliphatic rings. The molecule has 1 unspecified atom stereocenters. The first-order chi connectivity index (χ1) is 7.26. The monoisotopic (exact) mass is 247 g/mol. The van der Waals surface area contributed by atoms with Crippen LogP contribution in [0.15, 0.2) is 16.8 Å². The third kappa shape index (κ3) is 4.64. The zero-order valence-electron chi connectivity index (χ0n) is 8.53. The van der Waals surface area contributed by atoms with Crippen LogP contribution in [0.5, 0.6) is 0 Å². The third-order valence-corrected chi connectivity index (χ3v) is 2.97. The zero-order valence-corrected chi connectivity index (χ0v) is 10.1. The molecule has 1 aromatic heterocycles. The Bertz CT molecular complexity index is 290. The molecule has 0 spiro atoms. The van der Waals surface area contributed by atoms with E-state index in [2.05, 4.69) is 5.32 Å². The highest BCUT2D eigenvalue weighted by Crippen LogP contribution is 2.06. The van der Waals surface area contributed by atoms with E-state index in [0.717, 1.165) is 5.56 Å². The summed E-state index contributed by atoms with van der Waals surface area (Å²) in [4.78, 5) is 11.5. The third-order valence-electron chi connectivity index (χ3n) is 1.86. The van der Waals surface area contributed by atoms with Crippen molar-refractivity contribution in [3.8, 4) is 0 Å². The molecule has 1 heterocycles. The Morgan fingerprint density at radius 1 is 1.73 bits per heavy atom. The number of carbonyl (C=O) groups excluding carboxylic acids is 1. The molecule has 0 aliphatic carbocycles. The van der Waals surface area contributed by atoms with Crippen molar-refractivity contribution in [1.29, 1.82) is 0 Å². The van der Waals surface area contributed by atoms with Crippen LogP contribution in [-0.2, 0) is 16.0 Å². The SMILES string of the molecule is COCC(CCl)NC(=O)Cc1ccsc1. The number of methoxy groups -OCH3 is 1. The van der Waals surface area contributed by atoms with Gasteiger partial charge in [-0.3, -0.25) is 4.79 Å². The van der Waals surface area contributed by atoms with E-state index in [1.54, 1.807) is 18.4 Å². The smallest absolute Gasteiger partial charge is 0.224 e. The van der Waals surface area contributed by atoms with E-state index >= 15 is 0 Å². The van der Waals surface area contributed by atoms with Gasteiger partial charge in [-0.05, 0) is 22.4 Å². The molecule has 0 bridgehead atoms. The maximum atomic E-state index is 11.5. The highest BCUT2D eigenvalue weighted by molar-refractivity contribution is 7.07. The van der Waals surface area contributed by atoms with Crippen molar-refractivity contribution >= 4 is 28.8 Å². The first kappa shape index (κ1) is 12.5. The van der Waals surface area contributed by atoms with Crippen LogP contribution in [0.3, 0.4) is 0 Å². The van der Waals surface area contributed by atoms with Gasteiger partial charge in [-0.25, -0.2) is 0 Å². The van der Waals surface area contributed by atoms with Crippen LogP contribution >= 0.6 is 22.9 Å². The Morgan fingerprint density at radius 2 is 2.53 bits per heavy atom. The lowest BCUT2D eigenvalue weighted by atomic mass is 10.2. The highest BCUT2D eigenvalue weighted by Gasteiger charge is 2.11. The van der Waals surface area contributed by atoms with E-state index in [1.165, 1.54) is 0 Å². The topological polar surface area (TPSA) is 38.3 Å². The highest BCUT2D eigenvalue weighted by atomic mass is 35.5. The van der Waals surface area contributed by atoms with Gasteiger partial charge >= 0.3 is 0 Å².